The van der Waals surface area contributed by atoms with Gasteiger partial charge in [-0.05, 0) is 56.5 Å². The summed E-state index contributed by atoms with van der Waals surface area (Å²) in [5.74, 6) is 0.949. The molecule has 3 rings (SSSR count). The second-order valence-electron chi connectivity index (χ2n) is 5.11. The minimum atomic E-state index is 0.706. The van der Waals surface area contributed by atoms with Gasteiger partial charge >= 0.3 is 0 Å². The van der Waals surface area contributed by atoms with Crippen LogP contribution in [0.1, 0.15) is 25.7 Å². The maximum absolute atomic E-state index is 5.91. The highest BCUT2D eigenvalue weighted by molar-refractivity contribution is 5.84. The molecule has 2 aromatic rings. The van der Waals surface area contributed by atoms with Crippen LogP contribution in [-0.2, 0) is 0 Å². The number of nitrogens with one attached hydrogen (secondary N) is 1. The molecule has 1 aliphatic rings. The lowest BCUT2D eigenvalue weighted by atomic mass is 10.1. The molecule has 1 aliphatic heterocycles. The normalized spacial score (nSPS) is 18.8. The minimum absolute atomic E-state index is 0.706. The van der Waals surface area contributed by atoms with Crippen LogP contribution < -0.4 is 10.1 Å². The first-order valence-corrected chi connectivity index (χ1v) is 7.13. The molecule has 3 heteroatoms. The molecule has 1 unspecified atom stereocenters. The van der Waals surface area contributed by atoms with Gasteiger partial charge in [0.2, 0.25) is 0 Å². The average molecular weight is 256 g/mol. The Morgan fingerprint density at radius 3 is 3.16 bits per heavy atom. The van der Waals surface area contributed by atoms with Gasteiger partial charge in [0.1, 0.15) is 5.75 Å². The Morgan fingerprint density at radius 1 is 1.26 bits per heavy atom. The summed E-state index contributed by atoms with van der Waals surface area (Å²) in [6.07, 6.45) is 6.77. The number of benzene rings is 1. The maximum Gasteiger partial charge on any atom is 0.128 e. The number of hydrogen-bond donors (Lipinski definition) is 1. The van der Waals surface area contributed by atoms with Gasteiger partial charge in [-0.2, -0.15) is 0 Å². The number of pyridine rings is 1. The van der Waals surface area contributed by atoms with E-state index in [2.05, 4.69) is 16.4 Å². The second kappa shape index (κ2) is 6.02. The molecule has 0 radical (unpaired) electrons. The number of fused-ring (bicyclic) bond motifs is 1. The first-order valence-electron chi connectivity index (χ1n) is 7.13. The second-order valence-corrected chi connectivity index (χ2v) is 5.11. The van der Waals surface area contributed by atoms with E-state index < -0.39 is 0 Å². The van der Waals surface area contributed by atoms with Crippen LogP contribution in [0.3, 0.4) is 0 Å². The van der Waals surface area contributed by atoms with E-state index in [4.69, 9.17) is 4.74 Å². The molecular weight excluding hydrogens is 236 g/mol. The summed E-state index contributed by atoms with van der Waals surface area (Å²) in [4.78, 5) is 4.34. The number of hydrogen-bond acceptors (Lipinski definition) is 3. The minimum Gasteiger partial charge on any atom is -0.493 e. The largest absolute Gasteiger partial charge is 0.493 e. The van der Waals surface area contributed by atoms with Crippen LogP contribution >= 0.6 is 0 Å². The van der Waals surface area contributed by atoms with Crippen LogP contribution in [0, 0.1) is 0 Å². The van der Waals surface area contributed by atoms with Crippen molar-refractivity contribution in [2.75, 3.05) is 13.2 Å². The van der Waals surface area contributed by atoms with Crippen LogP contribution in [0.4, 0.5) is 0 Å². The molecule has 0 bridgehead atoms. The molecule has 1 fully saturated rings. The summed E-state index contributed by atoms with van der Waals surface area (Å²) in [6, 6.07) is 10.8. The third-order valence-electron chi connectivity index (χ3n) is 3.72. The first-order chi connectivity index (χ1) is 9.43. The Balaban J connectivity index is 1.56. The van der Waals surface area contributed by atoms with Crippen LogP contribution in [0.5, 0.6) is 5.75 Å². The average Bonchev–Trinajstić information content (AvgIpc) is 2.97. The molecular formula is C16H20N2O. The SMILES string of the molecule is c1cc(OCCCC2CCCN2)c2cccnc2c1. The van der Waals surface area contributed by atoms with Crippen molar-refractivity contribution >= 4 is 10.9 Å². The Hall–Kier alpha value is -1.61. The third kappa shape index (κ3) is 3.04. The standard InChI is InChI=1S/C16H20N2O/c1-8-15-14(7-3-11-18-15)16(9-1)19-12-4-6-13-5-2-10-17-13/h1,3,7-9,11,13,17H,2,4-6,10,12H2. The lowest BCUT2D eigenvalue weighted by Gasteiger charge is -2.11. The van der Waals surface area contributed by atoms with Crippen molar-refractivity contribution in [3.05, 3.63) is 36.5 Å². The molecule has 2 heterocycles. The number of rotatable bonds is 5. The Morgan fingerprint density at radius 2 is 2.26 bits per heavy atom. The van der Waals surface area contributed by atoms with E-state index in [-0.39, 0.29) is 0 Å². The van der Waals surface area contributed by atoms with E-state index in [9.17, 15) is 0 Å². The van der Waals surface area contributed by atoms with Gasteiger partial charge in [0.05, 0.1) is 12.1 Å². The summed E-state index contributed by atoms with van der Waals surface area (Å²) in [6.45, 7) is 1.96. The highest BCUT2D eigenvalue weighted by Gasteiger charge is 2.13. The maximum atomic E-state index is 5.91. The lowest BCUT2D eigenvalue weighted by molar-refractivity contribution is 0.302. The summed E-state index contributed by atoms with van der Waals surface area (Å²) >= 11 is 0. The summed E-state index contributed by atoms with van der Waals surface area (Å²) in [5.41, 5.74) is 0.998. The molecule has 0 spiro atoms. The van der Waals surface area contributed by atoms with Gasteiger partial charge < -0.3 is 10.1 Å². The zero-order valence-corrected chi connectivity index (χ0v) is 11.1. The van der Waals surface area contributed by atoms with E-state index in [1.165, 1.54) is 25.8 Å². The van der Waals surface area contributed by atoms with Crippen molar-refractivity contribution in [2.24, 2.45) is 0 Å². The first kappa shape index (κ1) is 12.4. The molecule has 19 heavy (non-hydrogen) atoms. The van der Waals surface area contributed by atoms with Gasteiger partial charge in [0, 0.05) is 17.6 Å². The van der Waals surface area contributed by atoms with Crippen LogP contribution in [0.2, 0.25) is 0 Å². The van der Waals surface area contributed by atoms with E-state index in [1.54, 1.807) is 0 Å². The van der Waals surface area contributed by atoms with E-state index in [0.29, 0.717) is 6.04 Å². The summed E-state index contributed by atoms with van der Waals surface area (Å²) < 4.78 is 5.91. The van der Waals surface area contributed by atoms with Crippen molar-refractivity contribution < 1.29 is 4.74 Å². The van der Waals surface area contributed by atoms with Gasteiger partial charge in [-0.3, -0.25) is 4.98 Å². The molecule has 1 saturated heterocycles. The van der Waals surface area contributed by atoms with E-state index >= 15 is 0 Å². The monoisotopic (exact) mass is 256 g/mol. The fraction of sp³-hybridized carbons (Fsp3) is 0.438. The molecule has 0 saturated carbocycles. The van der Waals surface area contributed by atoms with Crippen molar-refractivity contribution in [1.82, 2.24) is 10.3 Å². The highest BCUT2D eigenvalue weighted by Crippen LogP contribution is 2.24. The van der Waals surface area contributed by atoms with Crippen molar-refractivity contribution in [3.63, 3.8) is 0 Å². The topological polar surface area (TPSA) is 34.1 Å². The van der Waals surface area contributed by atoms with Gasteiger partial charge in [0.25, 0.3) is 0 Å². The molecule has 1 aromatic heterocycles. The van der Waals surface area contributed by atoms with Crippen molar-refractivity contribution in [2.45, 2.75) is 31.7 Å². The van der Waals surface area contributed by atoms with Gasteiger partial charge in [-0.15, -0.1) is 0 Å². The third-order valence-corrected chi connectivity index (χ3v) is 3.72. The lowest BCUT2D eigenvalue weighted by Crippen LogP contribution is -2.21. The Labute approximate surface area is 114 Å². The predicted octanol–water partition coefficient (Wildman–Crippen LogP) is 3.15. The number of aromatic nitrogens is 1. The Bertz CT molecular complexity index is 530. The fourth-order valence-electron chi connectivity index (χ4n) is 2.72. The van der Waals surface area contributed by atoms with E-state index in [1.807, 2.05) is 30.5 Å². The van der Waals surface area contributed by atoms with Crippen LogP contribution in [0.25, 0.3) is 10.9 Å². The molecule has 1 aromatic carbocycles. The van der Waals surface area contributed by atoms with E-state index in [0.717, 1.165) is 29.7 Å². The molecule has 1 N–H and O–H groups in total. The van der Waals surface area contributed by atoms with Crippen molar-refractivity contribution in [1.29, 1.82) is 0 Å². The molecule has 1 atom stereocenters. The summed E-state index contributed by atoms with van der Waals surface area (Å²) in [7, 11) is 0. The fourth-order valence-corrected chi connectivity index (χ4v) is 2.72. The highest BCUT2D eigenvalue weighted by atomic mass is 16.5. The molecule has 3 nitrogen and oxygen atoms in total. The van der Waals surface area contributed by atoms with Gasteiger partial charge in [-0.25, -0.2) is 0 Å². The smallest absolute Gasteiger partial charge is 0.128 e. The van der Waals surface area contributed by atoms with Crippen molar-refractivity contribution in [3.8, 4) is 5.75 Å². The van der Waals surface area contributed by atoms with Crippen LogP contribution in [0.15, 0.2) is 36.5 Å². The zero-order valence-electron chi connectivity index (χ0n) is 11.1. The summed E-state index contributed by atoms with van der Waals surface area (Å²) in [5, 5.41) is 4.62. The molecule has 100 valence electrons. The molecule has 0 amide bonds. The number of nitrogens with zero attached hydrogens (tertiary/aromatic N) is 1. The molecule has 0 aliphatic carbocycles. The van der Waals surface area contributed by atoms with Crippen LogP contribution in [-0.4, -0.2) is 24.2 Å². The van der Waals surface area contributed by atoms with Gasteiger partial charge in [-0.1, -0.05) is 6.07 Å². The Kier molecular flexibility index (Phi) is 3.94. The predicted molar refractivity (Wildman–Crippen MR) is 77.5 cm³/mol. The zero-order chi connectivity index (χ0) is 12.9. The van der Waals surface area contributed by atoms with Gasteiger partial charge in [0.15, 0.2) is 0 Å². The number of ether oxygens (including phenoxy) is 1. The quantitative estimate of drug-likeness (QED) is 0.834.